The lowest BCUT2D eigenvalue weighted by molar-refractivity contribution is 0.514. The van der Waals surface area contributed by atoms with Crippen molar-refractivity contribution in [2.24, 2.45) is 5.92 Å². The van der Waals surface area contributed by atoms with Gasteiger partial charge in [-0.1, -0.05) is 0 Å². The fourth-order valence-corrected chi connectivity index (χ4v) is 4.19. The average molecular weight is 251 g/mol. The largest absolute Gasteiger partial charge is 0.316 e. The maximum atomic E-state index is 11.2. The van der Waals surface area contributed by atoms with E-state index in [0.29, 0.717) is 17.4 Å². The van der Waals surface area contributed by atoms with Gasteiger partial charge in [-0.25, -0.2) is 8.42 Å². The summed E-state index contributed by atoms with van der Waals surface area (Å²) in [7, 11) is -2.69. The van der Waals surface area contributed by atoms with Gasteiger partial charge in [-0.2, -0.15) is 11.8 Å². The number of nitrogens with one attached hydrogen (secondary N) is 1. The summed E-state index contributed by atoms with van der Waals surface area (Å²) < 4.78 is 22.4. The van der Waals surface area contributed by atoms with Gasteiger partial charge in [0.05, 0.1) is 11.5 Å². The van der Waals surface area contributed by atoms with Crippen molar-refractivity contribution in [3.8, 4) is 0 Å². The van der Waals surface area contributed by atoms with E-state index in [1.165, 1.54) is 18.6 Å². The Hall–Kier alpha value is 0.260. The highest BCUT2D eigenvalue weighted by Crippen LogP contribution is 2.17. The van der Waals surface area contributed by atoms with Gasteiger partial charge >= 0.3 is 0 Å². The third kappa shape index (κ3) is 5.78. The molecule has 1 aliphatic heterocycles. The zero-order chi connectivity index (χ0) is 11.1. The highest BCUT2D eigenvalue weighted by Gasteiger charge is 2.27. The molecule has 0 saturated carbocycles. The summed E-state index contributed by atoms with van der Waals surface area (Å²) in [6, 6.07) is 0. The van der Waals surface area contributed by atoms with E-state index in [-0.39, 0.29) is 0 Å². The van der Waals surface area contributed by atoms with Crippen LogP contribution in [0, 0.1) is 5.92 Å². The quantitative estimate of drug-likeness (QED) is 0.690. The van der Waals surface area contributed by atoms with Gasteiger partial charge in [-0.15, -0.1) is 0 Å². The lowest BCUT2D eigenvalue weighted by Crippen LogP contribution is -2.24. The van der Waals surface area contributed by atoms with Crippen LogP contribution in [0.2, 0.25) is 0 Å². The molecule has 0 aromatic carbocycles. The SMILES string of the molecule is CSCCCCNCC1CCS(=O)(=O)C1. The summed E-state index contributed by atoms with van der Waals surface area (Å²) in [6.07, 6.45) is 5.41. The van der Waals surface area contributed by atoms with E-state index in [0.717, 1.165) is 19.5 Å². The molecule has 5 heteroatoms. The number of hydrogen-bond donors (Lipinski definition) is 1. The molecule has 0 aromatic rings. The average Bonchev–Trinajstić information content (AvgIpc) is 2.52. The molecular formula is C10H21NO2S2. The maximum Gasteiger partial charge on any atom is 0.150 e. The molecule has 1 heterocycles. The smallest absolute Gasteiger partial charge is 0.150 e. The molecule has 3 nitrogen and oxygen atoms in total. The van der Waals surface area contributed by atoms with Gasteiger partial charge in [0.25, 0.3) is 0 Å². The van der Waals surface area contributed by atoms with Crippen molar-refractivity contribution in [1.82, 2.24) is 5.32 Å². The number of sulfone groups is 1. The van der Waals surface area contributed by atoms with Gasteiger partial charge in [0, 0.05) is 0 Å². The minimum absolute atomic E-state index is 0.357. The number of hydrogen-bond acceptors (Lipinski definition) is 4. The van der Waals surface area contributed by atoms with Crippen LogP contribution in [-0.4, -0.2) is 45.0 Å². The molecule has 0 amide bonds. The minimum atomic E-state index is -2.69. The van der Waals surface area contributed by atoms with Crippen molar-refractivity contribution in [1.29, 1.82) is 0 Å². The monoisotopic (exact) mass is 251 g/mol. The first-order valence-corrected chi connectivity index (χ1v) is 8.75. The Morgan fingerprint density at radius 2 is 2.20 bits per heavy atom. The summed E-state index contributed by atoms with van der Waals surface area (Å²) in [6.45, 7) is 1.90. The predicted octanol–water partition coefficient (Wildman–Crippen LogP) is 1.15. The van der Waals surface area contributed by atoms with Crippen molar-refractivity contribution in [3.63, 3.8) is 0 Å². The van der Waals surface area contributed by atoms with Crippen LogP contribution in [0.4, 0.5) is 0 Å². The third-order valence-electron chi connectivity index (χ3n) is 2.71. The van der Waals surface area contributed by atoms with Crippen molar-refractivity contribution >= 4 is 21.6 Å². The molecular weight excluding hydrogens is 230 g/mol. The summed E-state index contributed by atoms with van der Waals surface area (Å²) in [4.78, 5) is 0. The Balaban J connectivity index is 1.97. The van der Waals surface area contributed by atoms with Crippen LogP contribution in [0.3, 0.4) is 0 Å². The molecule has 1 aliphatic rings. The summed E-state index contributed by atoms with van der Waals surface area (Å²) in [5, 5.41) is 3.35. The van der Waals surface area contributed by atoms with E-state index in [4.69, 9.17) is 0 Å². The zero-order valence-corrected chi connectivity index (χ0v) is 11.0. The predicted molar refractivity (Wildman–Crippen MR) is 67.2 cm³/mol. The molecule has 1 N–H and O–H groups in total. The second-order valence-electron chi connectivity index (χ2n) is 4.17. The Labute approximate surface area is 97.3 Å². The Morgan fingerprint density at radius 3 is 2.80 bits per heavy atom. The van der Waals surface area contributed by atoms with Crippen LogP contribution in [0.5, 0.6) is 0 Å². The van der Waals surface area contributed by atoms with Crippen LogP contribution in [0.1, 0.15) is 19.3 Å². The molecule has 1 unspecified atom stereocenters. The normalized spacial score (nSPS) is 24.5. The van der Waals surface area contributed by atoms with E-state index in [2.05, 4.69) is 11.6 Å². The molecule has 1 atom stereocenters. The first-order chi connectivity index (χ1) is 7.14. The van der Waals surface area contributed by atoms with Crippen LogP contribution in [-0.2, 0) is 9.84 Å². The molecule has 90 valence electrons. The van der Waals surface area contributed by atoms with E-state index >= 15 is 0 Å². The molecule has 0 radical (unpaired) electrons. The molecule has 1 fully saturated rings. The maximum absolute atomic E-state index is 11.2. The molecule has 15 heavy (non-hydrogen) atoms. The lowest BCUT2D eigenvalue weighted by atomic mass is 10.1. The molecule has 1 saturated heterocycles. The zero-order valence-electron chi connectivity index (χ0n) is 9.37. The van der Waals surface area contributed by atoms with E-state index in [1.54, 1.807) is 0 Å². The molecule has 0 spiro atoms. The molecule has 0 aromatic heterocycles. The standard InChI is InChI=1S/C10H21NO2S2/c1-14-6-3-2-5-11-8-10-4-7-15(12,13)9-10/h10-11H,2-9H2,1H3. The topological polar surface area (TPSA) is 46.2 Å². The summed E-state index contributed by atoms with van der Waals surface area (Å²) >= 11 is 1.88. The number of rotatable bonds is 7. The molecule has 1 rings (SSSR count). The summed E-state index contributed by atoms with van der Waals surface area (Å²) in [5.74, 6) is 2.37. The second-order valence-corrected chi connectivity index (χ2v) is 7.39. The van der Waals surface area contributed by atoms with Crippen molar-refractivity contribution < 1.29 is 8.42 Å². The van der Waals surface area contributed by atoms with E-state index in [1.807, 2.05) is 11.8 Å². The lowest BCUT2D eigenvalue weighted by Gasteiger charge is -2.08. The molecule has 0 aliphatic carbocycles. The third-order valence-corrected chi connectivity index (χ3v) is 5.25. The van der Waals surface area contributed by atoms with Crippen LogP contribution >= 0.6 is 11.8 Å². The van der Waals surface area contributed by atoms with Gasteiger partial charge in [0.2, 0.25) is 0 Å². The fourth-order valence-electron chi connectivity index (χ4n) is 1.84. The van der Waals surface area contributed by atoms with Crippen LogP contribution in [0.25, 0.3) is 0 Å². The highest BCUT2D eigenvalue weighted by atomic mass is 32.2. The minimum Gasteiger partial charge on any atom is -0.316 e. The number of thioether (sulfide) groups is 1. The first-order valence-electron chi connectivity index (χ1n) is 5.54. The highest BCUT2D eigenvalue weighted by molar-refractivity contribution is 7.98. The first kappa shape index (κ1) is 13.3. The van der Waals surface area contributed by atoms with E-state index < -0.39 is 9.84 Å². The Morgan fingerprint density at radius 1 is 1.40 bits per heavy atom. The van der Waals surface area contributed by atoms with Gasteiger partial charge in [0.15, 0.2) is 9.84 Å². The van der Waals surface area contributed by atoms with Gasteiger partial charge in [-0.3, -0.25) is 0 Å². The van der Waals surface area contributed by atoms with Crippen LogP contribution < -0.4 is 5.32 Å². The van der Waals surface area contributed by atoms with E-state index in [9.17, 15) is 8.42 Å². The number of unbranched alkanes of at least 4 members (excludes halogenated alkanes) is 1. The Bertz CT molecular complexity index is 265. The summed E-state index contributed by atoms with van der Waals surface area (Å²) in [5.41, 5.74) is 0. The Kier molecular flexibility index (Phi) is 6.00. The van der Waals surface area contributed by atoms with Gasteiger partial charge in [0.1, 0.15) is 0 Å². The van der Waals surface area contributed by atoms with Crippen molar-refractivity contribution in [2.75, 3.05) is 36.6 Å². The van der Waals surface area contributed by atoms with Crippen molar-refractivity contribution in [3.05, 3.63) is 0 Å². The van der Waals surface area contributed by atoms with Gasteiger partial charge in [-0.05, 0) is 50.3 Å². The fraction of sp³-hybridized carbons (Fsp3) is 1.00. The van der Waals surface area contributed by atoms with Gasteiger partial charge < -0.3 is 5.32 Å². The van der Waals surface area contributed by atoms with Crippen molar-refractivity contribution in [2.45, 2.75) is 19.3 Å². The molecule has 0 bridgehead atoms. The van der Waals surface area contributed by atoms with Crippen LogP contribution in [0.15, 0.2) is 0 Å². The second kappa shape index (κ2) is 6.76.